The molecule has 0 saturated carbocycles. The van der Waals surface area contributed by atoms with Crippen molar-refractivity contribution in [1.29, 1.82) is 0 Å². The molecule has 100 valence electrons. The van der Waals surface area contributed by atoms with E-state index in [9.17, 15) is 4.79 Å². The normalized spacial score (nSPS) is 21.0. The van der Waals surface area contributed by atoms with E-state index in [0.717, 1.165) is 25.9 Å². The van der Waals surface area contributed by atoms with Crippen molar-refractivity contribution in [3.05, 3.63) is 0 Å². The number of nitrogens with one attached hydrogen (secondary N) is 2. The van der Waals surface area contributed by atoms with Crippen molar-refractivity contribution < 1.29 is 14.3 Å². The fourth-order valence-electron chi connectivity index (χ4n) is 1.65. The summed E-state index contributed by atoms with van der Waals surface area (Å²) in [5.74, 6) is 0. The lowest BCUT2D eigenvalue weighted by Gasteiger charge is -2.23. The SMILES string of the molecule is CC(C)(C)OC(=O)NCCOC1CCCNC1. The molecule has 0 bridgehead atoms. The first kappa shape index (κ1) is 14.3. The molecule has 0 aromatic rings. The maximum Gasteiger partial charge on any atom is 0.407 e. The molecule has 1 atom stereocenters. The maximum absolute atomic E-state index is 11.3. The molecule has 1 saturated heterocycles. The summed E-state index contributed by atoms with van der Waals surface area (Å²) in [7, 11) is 0. The molecule has 1 aliphatic rings. The monoisotopic (exact) mass is 244 g/mol. The molecular weight excluding hydrogens is 220 g/mol. The number of amides is 1. The van der Waals surface area contributed by atoms with Crippen LogP contribution in [-0.4, -0.2) is 44.0 Å². The van der Waals surface area contributed by atoms with Crippen LogP contribution in [0.2, 0.25) is 0 Å². The number of piperidine rings is 1. The number of alkyl carbamates (subject to hydrolysis) is 1. The summed E-state index contributed by atoms with van der Waals surface area (Å²) in [5.41, 5.74) is -0.446. The maximum atomic E-state index is 11.3. The molecule has 1 rings (SSSR count). The summed E-state index contributed by atoms with van der Waals surface area (Å²) in [6.45, 7) is 8.55. The van der Waals surface area contributed by atoms with Crippen LogP contribution in [-0.2, 0) is 9.47 Å². The molecular formula is C12H24N2O3. The second-order valence-electron chi connectivity index (χ2n) is 5.27. The van der Waals surface area contributed by atoms with Crippen LogP contribution in [0.3, 0.4) is 0 Å². The largest absolute Gasteiger partial charge is 0.444 e. The van der Waals surface area contributed by atoms with E-state index in [2.05, 4.69) is 10.6 Å². The van der Waals surface area contributed by atoms with Gasteiger partial charge in [0.1, 0.15) is 5.60 Å². The lowest BCUT2D eigenvalue weighted by atomic mass is 10.1. The van der Waals surface area contributed by atoms with E-state index in [4.69, 9.17) is 9.47 Å². The lowest BCUT2D eigenvalue weighted by molar-refractivity contribution is 0.0306. The Kier molecular flexibility index (Phi) is 5.71. The third-order valence-electron chi connectivity index (χ3n) is 2.38. The lowest BCUT2D eigenvalue weighted by Crippen LogP contribution is -2.38. The van der Waals surface area contributed by atoms with Gasteiger partial charge < -0.3 is 20.1 Å². The van der Waals surface area contributed by atoms with Crippen LogP contribution in [0.15, 0.2) is 0 Å². The number of ether oxygens (including phenoxy) is 2. The Labute approximate surface area is 103 Å². The predicted octanol–water partition coefficient (Wildman–Crippen LogP) is 1.28. The van der Waals surface area contributed by atoms with Gasteiger partial charge in [0.2, 0.25) is 0 Å². The van der Waals surface area contributed by atoms with Gasteiger partial charge in [-0.15, -0.1) is 0 Å². The Bertz CT molecular complexity index is 232. The third kappa shape index (κ3) is 7.18. The molecule has 1 aliphatic heterocycles. The van der Waals surface area contributed by atoms with Gasteiger partial charge in [-0.1, -0.05) is 0 Å². The van der Waals surface area contributed by atoms with Gasteiger partial charge in [-0.05, 0) is 40.2 Å². The molecule has 0 aliphatic carbocycles. The van der Waals surface area contributed by atoms with E-state index in [-0.39, 0.29) is 12.2 Å². The third-order valence-corrected chi connectivity index (χ3v) is 2.38. The number of hydrogen-bond acceptors (Lipinski definition) is 4. The quantitative estimate of drug-likeness (QED) is 0.731. The smallest absolute Gasteiger partial charge is 0.407 e. The standard InChI is InChI=1S/C12H24N2O3/c1-12(2,3)17-11(15)14-7-8-16-10-5-4-6-13-9-10/h10,13H,4-9H2,1-3H3,(H,14,15). The highest BCUT2D eigenvalue weighted by atomic mass is 16.6. The number of hydrogen-bond donors (Lipinski definition) is 2. The first-order chi connectivity index (χ1) is 7.97. The summed E-state index contributed by atoms with van der Waals surface area (Å²) in [6.07, 6.45) is 2.15. The zero-order valence-electron chi connectivity index (χ0n) is 11.0. The Morgan fingerprint density at radius 3 is 2.82 bits per heavy atom. The number of carbonyl (C=O) groups excluding carboxylic acids is 1. The average molecular weight is 244 g/mol. The van der Waals surface area contributed by atoms with Crippen LogP contribution in [0, 0.1) is 0 Å². The number of carbonyl (C=O) groups is 1. The van der Waals surface area contributed by atoms with E-state index in [1.165, 1.54) is 0 Å². The summed E-state index contributed by atoms with van der Waals surface area (Å²) in [4.78, 5) is 11.3. The molecule has 1 fully saturated rings. The van der Waals surface area contributed by atoms with Crippen LogP contribution in [0.4, 0.5) is 4.79 Å². The van der Waals surface area contributed by atoms with Crippen molar-refractivity contribution in [3.8, 4) is 0 Å². The summed E-state index contributed by atoms with van der Waals surface area (Å²) in [6, 6.07) is 0. The molecule has 0 radical (unpaired) electrons. The van der Waals surface area contributed by atoms with Crippen molar-refractivity contribution >= 4 is 6.09 Å². The molecule has 1 amide bonds. The minimum atomic E-state index is -0.446. The van der Waals surface area contributed by atoms with Crippen LogP contribution in [0.1, 0.15) is 33.6 Å². The van der Waals surface area contributed by atoms with E-state index in [1.54, 1.807) is 0 Å². The van der Waals surface area contributed by atoms with Gasteiger partial charge >= 0.3 is 6.09 Å². The van der Waals surface area contributed by atoms with Gasteiger partial charge in [0.05, 0.1) is 12.7 Å². The molecule has 0 spiro atoms. The van der Waals surface area contributed by atoms with Crippen LogP contribution < -0.4 is 10.6 Å². The summed E-state index contributed by atoms with van der Waals surface area (Å²) in [5, 5.41) is 5.95. The number of rotatable bonds is 4. The Hall–Kier alpha value is -0.810. The molecule has 17 heavy (non-hydrogen) atoms. The molecule has 1 heterocycles. The van der Waals surface area contributed by atoms with Crippen molar-refractivity contribution in [2.75, 3.05) is 26.2 Å². The van der Waals surface area contributed by atoms with Gasteiger partial charge in [0, 0.05) is 13.1 Å². The highest BCUT2D eigenvalue weighted by Gasteiger charge is 2.16. The highest BCUT2D eigenvalue weighted by Crippen LogP contribution is 2.07. The van der Waals surface area contributed by atoms with Crippen molar-refractivity contribution in [3.63, 3.8) is 0 Å². The second-order valence-corrected chi connectivity index (χ2v) is 5.27. The Morgan fingerprint density at radius 2 is 2.24 bits per heavy atom. The van der Waals surface area contributed by atoms with E-state index < -0.39 is 5.60 Å². The molecule has 1 unspecified atom stereocenters. The molecule has 0 aromatic carbocycles. The second kappa shape index (κ2) is 6.81. The van der Waals surface area contributed by atoms with Crippen LogP contribution >= 0.6 is 0 Å². The summed E-state index contributed by atoms with van der Waals surface area (Å²) < 4.78 is 10.7. The van der Waals surface area contributed by atoms with Crippen molar-refractivity contribution in [1.82, 2.24) is 10.6 Å². The van der Waals surface area contributed by atoms with Gasteiger partial charge in [-0.3, -0.25) is 0 Å². The first-order valence-electron chi connectivity index (χ1n) is 6.26. The summed E-state index contributed by atoms with van der Waals surface area (Å²) >= 11 is 0. The van der Waals surface area contributed by atoms with E-state index in [0.29, 0.717) is 13.2 Å². The van der Waals surface area contributed by atoms with Crippen LogP contribution in [0.5, 0.6) is 0 Å². The van der Waals surface area contributed by atoms with Gasteiger partial charge in [-0.25, -0.2) is 4.79 Å². The Balaban J connectivity index is 2.01. The molecule has 2 N–H and O–H groups in total. The van der Waals surface area contributed by atoms with Gasteiger partial charge in [0.25, 0.3) is 0 Å². The zero-order chi connectivity index (χ0) is 12.7. The average Bonchev–Trinajstić information content (AvgIpc) is 2.23. The fourth-order valence-corrected chi connectivity index (χ4v) is 1.65. The minimum absolute atomic E-state index is 0.282. The van der Waals surface area contributed by atoms with Crippen molar-refractivity contribution in [2.45, 2.75) is 45.3 Å². The van der Waals surface area contributed by atoms with Crippen molar-refractivity contribution in [2.24, 2.45) is 0 Å². The highest BCUT2D eigenvalue weighted by molar-refractivity contribution is 5.67. The Morgan fingerprint density at radius 1 is 1.47 bits per heavy atom. The van der Waals surface area contributed by atoms with Gasteiger partial charge in [0.15, 0.2) is 0 Å². The first-order valence-corrected chi connectivity index (χ1v) is 6.26. The topological polar surface area (TPSA) is 59.6 Å². The van der Waals surface area contributed by atoms with E-state index in [1.807, 2.05) is 20.8 Å². The van der Waals surface area contributed by atoms with E-state index >= 15 is 0 Å². The predicted molar refractivity (Wildman–Crippen MR) is 66.1 cm³/mol. The minimum Gasteiger partial charge on any atom is -0.444 e. The van der Waals surface area contributed by atoms with Gasteiger partial charge in [-0.2, -0.15) is 0 Å². The fraction of sp³-hybridized carbons (Fsp3) is 0.917. The molecule has 5 heteroatoms. The zero-order valence-corrected chi connectivity index (χ0v) is 11.0. The molecule has 0 aromatic heterocycles. The molecule has 5 nitrogen and oxygen atoms in total. The van der Waals surface area contributed by atoms with Crippen LogP contribution in [0.25, 0.3) is 0 Å².